The summed E-state index contributed by atoms with van der Waals surface area (Å²) >= 11 is -0.368. The molecule has 2 amide bonds. The predicted octanol–water partition coefficient (Wildman–Crippen LogP) is 6.43. The fraction of sp³-hybridized carbons (Fsp3) is 0.194. The van der Waals surface area contributed by atoms with Crippen LogP contribution in [0.1, 0.15) is 36.7 Å². The second-order valence-electron chi connectivity index (χ2n) is 11.3. The number of nitrogens with one attached hydrogen (secondary N) is 2. The third kappa shape index (κ3) is 7.44. The Kier molecular flexibility index (Phi) is 9.83. The molecule has 46 heavy (non-hydrogen) atoms. The summed E-state index contributed by atoms with van der Waals surface area (Å²) in [5, 5.41) is 7.43. The Balaban J connectivity index is 1.39. The van der Waals surface area contributed by atoms with Gasteiger partial charge in [-0.3, -0.25) is 0 Å². The van der Waals surface area contributed by atoms with Crippen molar-refractivity contribution in [2.45, 2.75) is 26.2 Å². The number of urea groups is 1. The van der Waals surface area contributed by atoms with Crippen LogP contribution in [0.15, 0.2) is 91.1 Å². The van der Waals surface area contributed by atoms with Crippen LogP contribution >= 0.6 is 0 Å². The van der Waals surface area contributed by atoms with Crippen molar-refractivity contribution in [1.29, 1.82) is 0 Å². The third-order valence-electron chi connectivity index (χ3n) is 7.19. The quantitative estimate of drug-likeness (QED) is 0.137. The predicted molar refractivity (Wildman–Crippen MR) is 182 cm³/mol. The number of aromatic nitrogens is 1. The van der Waals surface area contributed by atoms with Gasteiger partial charge in [0.1, 0.15) is 5.56 Å². The van der Waals surface area contributed by atoms with E-state index in [0.29, 0.717) is 22.9 Å². The van der Waals surface area contributed by atoms with Crippen LogP contribution in [0.5, 0.6) is 23.0 Å². The summed E-state index contributed by atoms with van der Waals surface area (Å²) in [6, 6.07) is 26.1. The van der Waals surface area contributed by atoms with E-state index in [9.17, 15) is 9.59 Å². The van der Waals surface area contributed by atoms with Crippen molar-refractivity contribution in [2.24, 2.45) is 0 Å². The molecule has 0 bridgehead atoms. The molecule has 235 valence electrons. The molecule has 0 aliphatic carbocycles. The number of carbonyl (C=O) groups excluding carboxylic acids is 2. The number of pyridine rings is 1. The van der Waals surface area contributed by atoms with E-state index in [1.165, 1.54) is 18.6 Å². The number of hydrogen-bond donors (Lipinski definition) is 2. The van der Waals surface area contributed by atoms with Crippen molar-refractivity contribution in [2.75, 3.05) is 32.0 Å². The molecule has 5 rings (SSSR count). The van der Waals surface area contributed by atoms with Gasteiger partial charge in [0.2, 0.25) is 0 Å². The van der Waals surface area contributed by atoms with E-state index in [4.69, 9.17) is 18.9 Å². The second-order valence-corrected chi connectivity index (χ2v) is 13.9. The van der Waals surface area contributed by atoms with Crippen molar-refractivity contribution in [3.63, 3.8) is 0 Å². The maximum Gasteiger partial charge on any atom is 0.156 e. The molecular formula is C36H35AsN3O6. The van der Waals surface area contributed by atoms with Gasteiger partial charge in [-0.25, -0.2) is 4.79 Å². The molecule has 0 fully saturated rings. The number of benzene rings is 4. The Labute approximate surface area is 274 Å². The zero-order valence-corrected chi connectivity index (χ0v) is 28.4. The molecule has 9 nitrogen and oxygen atoms in total. The van der Waals surface area contributed by atoms with E-state index < -0.39 is 12.0 Å². The van der Waals surface area contributed by atoms with E-state index in [1.807, 2.05) is 81.4 Å². The molecule has 4 aromatic carbocycles. The van der Waals surface area contributed by atoms with E-state index in [0.717, 1.165) is 26.6 Å². The molecule has 0 saturated heterocycles. The van der Waals surface area contributed by atoms with Crippen LogP contribution in [0.25, 0.3) is 10.8 Å². The molecule has 0 unspecified atom stereocenters. The molecule has 1 aromatic heterocycles. The maximum absolute atomic E-state index is 13.4. The van der Waals surface area contributed by atoms with Gasteiger partial charge < -0.3 is 9.47 Å². The monoisotopic (exact) mass is 680 g/mol. The number of amides is 2. The van der Waals surface area contributed by atoms with E-state index in [1.54, 1.807) is 31.5 Å². The molecule has 0 atom stereocenters. The molecule has 0 saturated carbocycles. The van der Waals surface area contributed by atoms with E-state index in [-0.39, 0.29) is 32.5 Å². The minimum Gasteiger partial charge on any atom is -0.494 e. The van der Waals surface area contributed by atoms with Gasteiger partial charge in [0.15, 0.2) is 5.75 Å². The molecular weight excluding hydrogens is 645 g/mol. The molecule has 1 radical (unpaired) electrons. The number of esters is 1. The number of methoxy groups -OCH3 is 3. The fourth-order valence-corrected chi connectivity index (χ4v) is 6.80. The average molecular weight is 681 g/mol. The van der Waals surface area contributed by atoms with Crippen LogP contribution < -0.4 is 33.7 Å². The van der Waals surface area contributed by atoms with Crippen molar-refractivity contribution < 1.29 is 28.5 Å². The number of carbonyl (C=O) groups is 2. The van der Waals surface area contributed by atoms with Gasteiger partial charge in [-0.1, -0.05) is 20.8 Å². The standard InChI is InChI=1S/C36H35AsN3O6/c1-36(2,3)22-18-28(34(41)45-6)33(44-5)30(19-22)40-35(42)39-29-14-15-31(27-13-8-7-12-26(27)29)46-25-16-17-38-32(21-25)37-23-10-9-11-24(20-23)43-4/h7-21H,1-6H3,(H2,39,40,42). The molecule has 5 aromatic rings. The van der Waals surface area contributed by atoms with Crippen molar-refractivity contribution in [3.8, 4) is 23.0 Å². The van der Waals surface area contributed by atoms with Crippen LogP contribution in [0.4, 0.5) is 16.2 Å². The van der Waals surface area contributed by atoms with Crippen LogP contribution in [0.3, 0.4) is 0 Å². The number of ether oxygens (including phenoxy) is 4. The van der Waals surface area contributed by atoms with Crippen LogP contribution in [-0.2, 0) is 10.2 Å². The van der Waals surface area contributed by atoms with Gasteiger partial charge in [-0.05, 0) is 23.1 Å². The topological polar surface area (TPSA) is 108 Å². The first-order chi connectivity index (χ1) is 22.1. The van der Waals surface area contributed by atoms with Crippen molar-refractivity contribution in [1.82, 2.24) is 4.98 Å². The molecule has 0 aliphatic rings. The molecule has 1 heterocycles. The van der Waals surface area contributed by atoms with E-state index in [2.05, 4.69) is 21.7 Å². The van der Waals surface area contributed by atoms with Gasteiger partial charge >= 0.3 is 192 Å². The summed E-state index contributed by atoms with van der Waals surface area (Å²) in [5.41, 5.74) is 1.69. The molecule has 0 aliphatic heterocycles. The minimum atomic E-state index is -0.559. The number of hydrogen-bond acceptors (Lipinski definition) is 7. The molecule has 10 heteroatoms. The van der Waals surface area contributed by atoms with Gasteiger partial charge in [-0.2, -0.15) is 0 Å². The van der Waals surface area contributed by atoms with Gasteiger partial charge in [0.25, 0.3) is 0 Å². The maximum atomic E-state index is 13.4. The van der Waals surface area contributed by atoms with Gasteiger partial charge in [-0.15, -0.1) is 0 Å². The summed E-state index contributed by atoms with van der Waals surface area (Å²) in [4.78, 5) is 30.5. The Morgan fingerprint density at radius 1 is 0.761 bits per heavy atom. The largest absolute Gasteiger partial charge is 0.494 e. The summed E-state index contributed by atoms with van der Waals surface area (Å²) in [6.07, 6.45) is 1.75. The number of rotatable bonds is 9. The second kappa shape index (κ2) is 14.0. The summed E-state index contributed by atoms with van der Waals surface area (Å²) in [7, 11) is 4.41. The van der Waals surface area contributed by atoms with Crippen LogP contribution in [0, 0.1) is 0 Å². The zero-order valence-electron chi connectivity index (χ0n) is 26.5. The normalized spacial score (nSPS) is 11.3. The third-order valence-corrected chi connectivity index (χ3v) is 9.31. The summed E-state index contributed by atoms with van der Waals surface area (Å²) < 4.78 is 24.4. The fourth-order valence-electron chi connectivity index (χ4n) is 4.85. The zero-order chi connectivity index (χ0) is 32.8. The first-order valence-electron chi connectivity index (χ1n) is 14.5. The van der Waals surface area contributed by atoms with Crippen LogP contribution in [-0.4, -0.2) is 54.1 Å². The summed E-state index contributed by atoms with van der Waals surface area (Å²) in [5.74, 6) is 1.78. The Morgan fingerprint density at radius 3 is 2.24 bits per heavy atom. The first kappa shape index (κ1) is 32.4. The Bertz CT molecular complexity index is 1900. The Morgan fingerprint density at radius 2 is 1.52 bits per heavy atom. The number of fused-ring (bicyclic) bond motifs is 1. The average Bonchev–Trinajstić information content (AvgIpc) is 3.05. The van der Waals surface area contributed by atoms with Gasteiger partial charge in [0, 0.05) is 0 Å². The number of nitrogens with zero attached hydrogens (tertiary/aromatic N) is 1. The SMILES string of the molecule is COC(=O)c1cc(C(C)(C)C)cc(NC(=O)Nc2ccc(Oc3ccnc([As]c4cccc(OC)c4)c3)c3ccccc23)c1OC. The Hall–Kier alpha value is -5.01. The minimum absolute atomic E-state index is 0.216. The molecule has 2 N–H and O–H groups in total. The van der Waals surface area contributed by atoms with Crippen molar-refractivity contribution in [3.05, 3.63) is 102 Å². The van der Waals surface area contributed by atoms with Gasteiger partial charge in [0.05, 0.1) is 14.2 Å². The first-order valence-corrected chi connectivity index (χ1v) is 16.4. The van der Waals surface area contributed by atoms with Crippen molar-refractivity contribution >= 4 is 58.7 Å². The number of anilines is 2. The molecule has 0 spiro atoms. The van der Waals surface area contributed by atoms with E-state index >= 15 is 0 Å². The summed E-state index contributed by atoms with van der Waals surface area (Å²) in [6.45, 7) is 6.05. The van der Waals surface area contributed by atoms with Crippen LogP contribution in [0.2, 0.25) is 0 Å². The smallest absolute Gasteiger partial charge is 0.156 e.